The number of amides is 4. The molecular weight excluding hydrogens is 320 g/mol. The van der Waals surface area contributed by atoms with Gasteiger partial charge in [-0.2, -0.15) is 5.01 Å². The summed E-state index contributed by atoms with van der Waals surface area (Å²) in [6.07, 6.45) is 2.42. The van der Waals surface area contributed by atoms with Gasteiger partial charge in [-0.3, -0.25) is 19.9 Å². The first kappa shape index (κ1) is 18.9. The summed E-state index contributed by atoms with van der Waals surface area (Å²) in [4.78, 5) is 39.2. The highest BCUT2D eigenvalue weighted by atomic mass is 16.2. The van der Waals surface area contributed by atoms with E-state index in [1.807, 2.05) is 37.1 Å². The quantitative estimate of drug-likeness (QED) is 0.701. The van der Waals surface area contributed by atoms with Crippen molar-refractivity contribution < 1.29 is 14.4 Å². The van der Waals surface area contributed by atoms with Crippen LogP contribution < -0.4 is 10.7 Å². The van der Waals surface area contributed by atoms with Gasteiger partial charge in [-0.05, 0) is 32.0 Å². The summed E-state index contributed by atoms with van der Waals surface area (Å²) in [6.45, 7) is 4.82. The van der Waals surface area contributed by atoms with Crippen LogP contribution in [0.2, 0.25) is 0 Å². The molecule has 1 saturated heterocycles. The Morgan fingerprint density at radius 1 is 1.24 bits per heavy atom. The fourth-order valence-electron chi connectivity index (χ4n) is 2.95. The molecule has 1 fully saturated rings. The molecule has 0 unspecified atom stereocenters. The zero-order chi connectivity index (χ0) is 18.4. The van der Waals surface area contributed by atoms with Crippen LogP contribution in [-0.2, 0) is 15.1 Å². The molecule has 2 rings (SSSR count). The van der Waals surface area contributed by atoms with E-state index in [0.717, 1.165) is 24.4 Å². The minimum atomic E-state index is -1.14. The van der Waals surface area contributed by atoms with Crippen LogP contribution in [0, 0.1) is 0 Å². The number of likely N-dealkylation sites (N-methyl/N-ethyl adjacent to an activating group) is 1. The maximum Gasteiger partial charge on any atom is 0.344 e. The van der Waals surface area contributed by atoms with Gasteiger partial charge in [0.1, 0.15) is 5.54 Å². The molecule has 0 saturated carbocycles. The van der Waals surface area contributed by atoms with Crippen LogP contribution in [0.5, 0.6) is 0 Å². The van der Waals surface area contributed by atoms with E-state index in [0.29, 0.717) is 12.0 Å². The van der Waals surface area contributed by atoms with Gasteiger partial charge in [0.05, 0.1) is 6.54 Å². The van der Waals surface area contributed by atoms with Crippen LogP contribution in [0.25, 0.3) is 0 Å². The number of hydrazine groups is 1. The molecular formula is C18H26N4O3. The largest absolute Gasteiger partial charge is 0.344 e. The third-order valence-electron chi connectivity index (χ3n) is 4.43. The highest BCUT2D eigenvalue weighted by Crippen LogP contribution is 2.31. The van der Waals surface area contributed by atoms with Gasteiger partial charge in [0.2, 0.25) is 0 Å². The first-order valence-corrected chi connectivity index (χ1v) is 8.64. The van der Waals surface area contributed by atoms with Gasteiger partial charge in [0, 0.05) is 0 Å². The standard InChI is InChI=1S/C18H26N4O3/c1-4-6-12-21(3)13-15(23)20-22-16(24)18(5-2,19-17(22)25)14-10-8-7-9-11-14/h7-11H,4-6,12-13H2,1-3H3,(H,19,25)(H,20,23)/t18-/m0/s1. The molecule has 1 aliphatic heterocycles. The molecule has 1 atom stereocenters. The molecule has 0 bridgehead atoms. The summed E-state index contributed by atoms with van der Waals surface area (Å²) in [5, 5.41) is 3.53. The Balaban J connectivity index is 2.09. The lowest BCUT2D eigenvalue weighted by molar-refractivity contribution is -0.139. The van der Waals surface area contributed by atoms with E-state index >= 15 is 0 Å². The number of unbranched alkanes of at least 4 members (excludes halogenated alkanes) is 1. The Hall–Kier alpha value is -2.41. The summed E-state index contributed by atoms with van der Waals surface area (Å²) < 4.78 is 0. The van der Waals surface area contributed by atoms with Gasteiger partial charge < -0.3 is 5.32 Å². The number of rotatable bonds is 8. The number of nitrogens with zero attached hydrogens (tertiary/aromatic N) is 2. The Kier molecular flexibility index (Phi) is 6.14. The Labute approximate surface area is 148 Å². The van der Waals surface area contributed by atoms with Crippen LogP contribution in [0.15, 0.2) is 30.3 Å². The van der Waals surface area contributed by atoms with Gasteiger partial charge in [0.25, 0.3) is 11.8 Å². The summed E-state index contributed by atoms with van der Waals surface area (Å²) in [5.74, 6) is -0.849. The van der Waals surface area contributed by atoms with Crippen molar-refractivity contribution in [2.75, 3.05) is 20.1 Å². The Morgan fingerprint density at radius 3 is 2.52 bits per heavy atom. The molecule has 2 N–H and O–H groups in total. The lowest BCUT2D eigenvalue weighted by atomic mass is 9.87. The predicted octanol–water partition coefficient (Wildman–Crippen LogP) is 1.61. The molecule has 1 aromatic carbocycles. The third-order valence-corrected chi connectivity index (χ3v) is 4.43. The lowest BCUT2D eigenvalue weighted by Crippen LogP contribution is -2.50. The van der Waals surface area contributed by atoms with Crippen LogP contribution in [0.1, 0.15) is 38.7 Å². The molecule has 7 heteroatoms. The second-order valence-electron chi connectivity index (χ2n) is 6.32. The molecule has 0 aliphatic carbocycles. The van der Waals surface area contributed by atoms with Crippen molar-refractivity contribution >= 4 is 17.8 Å². The van der Waals surface area contributed by atoms with Crippen molar-refractivity contribution in [3.8, 4) is 0 Å². The Morgan fingerprint density at radius 2 is 1.92 bits per heavy atom. The number of urea groups is 1. The van der Waals surface area contributed by atoms with E-state index in [1.165, 1.54) is 0 Å². The minimum absolute atomic E-state index is 0.127. The maximum atomic E-state index is 12.9. The molecule has 0 aromatic heterocycles. The van der Waals surface area contributed by atoms with Crippen molar-refractivity contribution in [2.45, 2.75) is 38.6 Å². The van der Waals surface area contributed by atoms with Crippen molar-refractivity contribution in [3.63, 3.8) is 0 Å². The molecule has 1 aliphatic rings. The molecule has 0 spiro atoms. The number of imide groups is 1. The van der Waals surface area contributed by atoms with E-state index in [1.54, 1.807) is 12.1 Å². The van der Waals surface area contributed by atoms with E-state index in [-0.39, 0.29) is 12.5 Å². The van der Waals surface area contributed by atoms with Crippen LogP contribution in [0.4, 0.5) is 4.79 Å². The zero-order valence-corrected chi connectivity index (χ0v) is 15.0. The number of nitrogens with one attached hydrogen (secondary N) is 2. The smallest absolute Gasteiger partial charge is 0.318 e. The molecule has 0 radical (unpaired) electrons. The molecule has 7 nitrogen and oxygen atoms in total. The van der Waals surface area contributed by atoms with Crippen molar-refractivity contribution in [2.24, 2.45) is 0 Å². The van der Waals surface area contributed by atoms with Crippen molar-refractivity contribution in [3.05, 3.63) is 35.9 Å². The van der Waals surface area contributed by atoms with E-state index in [9.17, 15) is 14.4 Å². The fourth-order valence-corrected chi connectivity index (χ4v) is 2.95. The first-order chi connectivity index (χ1) is 11.9. The molecule has 1 aromatic rings. The van der Waals surface area contributed by atoms with Gasteiger partial charge in [-0.1, -0.05) is 50.6 Å². The second-order valence-corrected chi connectivity index (χ2v) is 6.32. The fraction of sp³-hybridized carbons (Fsp3) is 0.500. The van der Waals surface area contributed by atoms with Crippen molar-refractivity contribution in [1.82, 2.24) is 20.7 Å². The SMILES string of the molecule is CCCCN(C)CC(=O)NN1C(=O)N[C@@](CC)(c2ccccc2)C1=O. The van der Waals surface area contributed by atoms with E-state index < -0.39 is 17.5 Å². The highest BCUT2D eigenvalue weighted by Gasteiger charge is 2.52. The van der Waals surface area contributed by atoms with Crippen molar-refractivity contribution in [1.29, 1.82) is 0 Å². The lowest BCUT2D eigenvalue weighted by Gasteiger charge is -2.25. The predicted molar refractivity (Wildman–Crippen MR) is 94.3 cm³/mol. The molecule has 4 amide bonds. The highest BCUT2D eigenvalue weighted by molar-refractivity contribution is 6.08. The first-order valence-electron chi connectivity index (χ1n) is 8.64. The summed E-state index contributed by atoms with van der Waals surface area (Å²) >= 11 is 0. The van der Waals surface area contributed by atoms with Crippen LogP contribution >= 0.6 is 0 Å². The number of carbonyl (C=O) groups excluding carboxylic acids is 3. The minimum Gasteiger partial charge on any atom is -0.318 e. The van der Waals surface area contributed by atoms with Crippen LogP contribution in [-0.4, -0.2) is 47.9 Å². The topological polar surface area (TPSA) is 81.8 Å². The average Bonchev–Trinajstić information content (AvgIpc) is 2.85. The maximum absolute atomic E-state index is 12.9. The van der Waals surface area contributed by atoms with E-state index in [2.05, 4.69) is 17.7 Å². The van der Waals surface area contributed by atoms with Crippen LogP contribution in [0.3, 0.4) is 0 Å². The summed E-state index contributed by atoms with van der Waals surface area (Å²) in [6, 6.07) is 8.46. The number of benzene rings is 1. The van der Waals surface area contributed by atoms with E-state index in [4.69, 9.17) is 0 Å². The Bertz CT molecular complexity index is 634. The van der Waals surface area contributed by atoms with Gasteiger partial charge in [-0.15, -0.1) is 0 Å². The zero-order valence-electron chi connectivity index (χ0n) is 15.0. The summed E-state index contributed by atoms with van der Waals surface area (Å²) in [7, 11) is 1.83. The van der Waals surface area contributed by atoms with Gasteiger partial charge in [-0.25, -0.2) is 4.79 Å². The number of hydrogen-bond acceptors (Lipinski definition) is 4. The third kappa shape index (κ3) is 3.99. The monoisotopic (exact) mass is 346 g/mol. The average molecular weight is 346 g/mol. The molecule has 25 heavy (non-hydrogen) atoms. The molecule has 136 valence electrons. The number of carbonyl (C=O) groups is 3. The summed E-state index contributed by atoms with van der Waals surface area (Å²) in [5.41, 5.74) is 2.00. The molecule has 1 heterocycles. The number of hydrogen-bond donors (Lipinski definition) is 2. The second kappa shape index (κ2) is 8.11. The normalized spacial score (nSPS) is 20.1. The van der Waals surface area contributed by atoms with Gasteiger partial charge in [0.15, 0.2) is 0 Å². The van der Waals surface area contributed by atoms with Gasteiger partial charge >= 0.3 is 6.03 Å².